The summed E-state index contributed by atoms with van der Waals surface area (Å²) in [6.07, 6.45) is 0. The largest absolute Gasteiger partial charge is 0.494 e. The molecule has 0 saturated carbocycles. The number of anilines is 2. The van der Waals surface area contributed by atoms with Crippen LogP contribution in [0.3, 0.4) is 0 Å². The Hall–Kier alpha value is -5.57. The molecule has 0 aliphatic carbocycles. The second kappa shape index (κ2) is 10.4. The van der Waals surface area contributed by atoms with Gasteiger partial charge in [-0.3, -0.25) is 24.0 Å². The Labute approximate surface area is 240 Å². The van der Waals surface area contributed by atoms with E-state index in [1.54, 1.807) is 48.5 Å². The highest BCUT2D eigenvalue weighted by atomic mass is 16.5. The lowest BCUT2D eigenvalue weighted by molar-refractivity contribution is 0.0910. The Bertz CT molecular complexity index is 1660. The third-order valence-electron chi connectivity index (χ3n) is 7.11. The molecule has 4 amide bonds. The van der Waals surface area contributed by atoms with E-state index in [1.165, 1.54) is 36.4 Å². The van der Waals surface area contributed by atoms with Crippen LogP contribution in [0.2, 0.25) is 0 Å². The average molecular weight is 561 g/mol. The van der Waals surface area contributed by atoms with E-state index in [9.17, 15) is 24.0 Å². The summed E-state index contributed by atoms with van der Waals surface area (Å²) in [6.45, 7) is 4.68. The zero-order valence-electron chi connectivity index (χ0n) is 22.7. The molecule has 0 spiro atoms. The molecule has 0 radical (unpaired) electrons. The first-order chi connectivity index (χ1) is 20.3. The molecular formula is C33H24N2O7. The normalized spacial score (nSPS) is 13.9. The first-order valence-electron chi connectivity index (χ1n) is 13.4. The number of benzene rings is 4. The molecule has 2 heterocycles. The molecule has 9 heteroatoms. The van der Waals surface area contributed by atoms with Crippen molar-refractivity contribution in [2.75, 3.05) is 23.0 Å². The number of amides is 4. The quantitative estimate of drug-likeness (QED) is 0.212. The van der Waals surface area contributed by atoms with Crippen LogP contribution in [-0.2, 0) is 0 Å². The van der Waals surface area contributed by atoms with Gasteiger partial charge in [0.25, 0.3) is 23.6 Å². The van der Waals surface area contributed by atoms with Crippen molar-refractivity contribution in [3.63, 3.8) is 0 Å². The first-order valence-corrected chi connectivity index (χ1v) is 13.4. The molecule has 0 aromatic heterocycles. The predicted octanol–water partition coefficient (Wildman–Crippen LogP) is 5.32. The van der Waals surface area contributed by atoms with Gasteiger partial charge in [-0.1, -0.05) is 12.1 Å². The van der Waals surface area contributed by atoms with Crippen molar-refractivity contribution < 1.29 is 33.4 Å². The van der Waals surface area contributed by atoms with Crippen molar-refractivity contribution in [1.29, 1.82) is 0 Å². The van der Waals surface area contributed by atoms with Crippen molar-refractivity contribution in [2.45, 2.75) is 13.8 Å². The lowest BCUT2D eigenvalue weighted by Gasteiger charge is -2.14. The highest BCUT2D eigenvalue weighted by Gasteiger charge is 2.39. The standard InChI is InChI=1S/C33H24N2O7/c1-3-41-23-11-7-21(8-12-23)34-30(37)25-15-5-19(17-27(25)32(34)39)29(36)20-6-16-26-28(18-20)33(40)35(31(26)38)22-9-13-24(14-10-22)42-4-2/h5-18H,3-4H2,1-2H3. The summed E-state index contributed by atoms with van der Waals surface area (Å²) in [6, 6.07) is 21.8. The fourth-order valence-electron chi connectivity index (χ4n) is 5.12. The van der Waals surface area contributed by atoms with Crippen molar-refractivity contribution >= 4 is 40.8 Å². The summed E-state index contributed by atoms with van der Waals surface area (Å²) >= 11 is 0. The number of hydrogen-bond donors (Lipinski definition) is 0. The number of ketones is 1. The van der Waals surface area contributed by atoms with Gasteiger partial charge in [0.15, 0.2) is 5.78 Å². The zero-order chi connectivity index (χ0) is 29.5. The number of carbonyl (C=O) groups excluding carboxylic acids is 5. The van der Waals surface area contributed by atoms with Crippen molar-refractivity contribution in [1.82, 2.24) is 0 Å². The van der Waals surface area contributed by atoms with Crippen LogP contribution < -0.4 is 19.3 Å². The van der Waals surface area contributed by atoms with Crippen LogP contribution in [0.1, 0.15) is 71.2 Å². The fraction of sp³-hybridized carbons (Fsp3) is 0.121. The minimum Gasteiger partial charge on any atom is -0.494 e. The van der Waals surface area contributed by atoms with Gasteiger partial charge in [-0.05, 0) is 86.6 Å². The molecule has 0 atom stereocenters. The minimum atomic E-state index is -0.547. The smallest absolute Gasteiger partial charge is 0.266 e. The molecule has 0 saturated heterocycles. The molecule has 42 heavy (non-hydrogen) atoms. The molecule has 208 valence electrons. The number of carbonyl (C=O) groups is 5. The van der Waals surface area contributed by atoms with E-state index in [4.69, 9.17) is 9.47 Å². The molecule has 0 bridgehead atoms. The molecule has 2 aliphatic heterocycles. The first kappa shape index (κ1) is 26.6. The number of ether oxygens (including phenoxy) is 2. The van der Waals surface area contributed by atoms with Gasteiger partial charge >= 0.3 is 0 Å². The van der Waals surface area contributed by atoms with E-state index in [1.807, 2.05) is 13.8 Å². The summed E-state index contributed by atoms with van der Waals surface area (Å²) in [5.41, 5.74) is 1.69. The maximum absolute atomic E-state index is 13.5. The van der Waals surface area contributed by atoms with Gasteiger partial charge in [0, 0.05) is 11.1 Å². The second-order valence-corrected chi connectivity index (χ2v) is 9.60. The lowest BCUT2D eigenvalue weighted by atomic mass is 9.96. The average Bonchev–Trinajstić information content (AvgIpc) is 3.41. The Morgan fingerprint density at radius 3 is 1.24 bits per heavy atom. The van der Waals surface area contributed by atoms with Crippen LogP contribution in [0, 0.1) is 0 Å². The second-order valence-electron chi connectivity index (χ2n) is 9.60. The monoisotopic (exact) mass is 560 g/mol. The highest BCUT2D eigenvalue weighted by molar-refractivity contribution is 6.36. The summed E-state index contributed by atoms with van der Waals surface area (Å²) in [7, 11) is 0. The molecule has 0 N–H and O–H groups in total. The van der Waals surface area contributed by atoms with Crippen LogP contribution in [0.4, 0.5) is 11.4 Å². The predicted molar refractivity (Wildman–Crippen MR) is 154 cm³/mol. The van der Waals surface area contributed by atoms with Crippen molar-refractivity contribution in [2.24, 2.45) is 0 Å². The molecule has 9 nitrogen and oxygen atoms in total. The van der Waals surface area contributed by atoms with Gasteiger partial charge in [-0.15, -0.1) is 0 Å². The summed E-state index contributed by atoms with van der Waals surface area (Å²) in [4.78, 5) is 68.3. The number of hydrogen-bond acceptors (Lipinski definition) is 7. The fourth-order valence-corrected chi connectivity index (χ4v) is 5.12. The number of fused-ring (bicyclic) bond motifs is 2. The Morgan fingerprint density at radius 2 is 0.881 bits per heavy atom. The molecule has 6 rings (SSSR count). The summed E-state index contributed by atoms with van der Waals surface area (Å²) < 4.78 is 10.9. The van der Waals surface area contributed by atoms with Gasteiger partial charge in [-0.2, -0.15) is 0 Å². The van der Waals surface area contributed by atoms with Gasteiger partial charge in [0.05, 0.1) is 46.8 Å². The van der Waals surface area contributed by atoms with Gasteiger partial charge < -0.3 is 9.47 Å². The van der Waals surface area contributed by atoms with Crippen LogP contribution in [0.25, 0.3) is 0 Å². The maximum atomic E-state index is 13.5. The minimum absolute atomic E-state index is 0.105. The van der Waals surface area contributed by atoms with E-state index >= 15 is 0 Å². The van der Waals surface area contributed by atoms with E-state index in [0.29, 0.717) is 36.1 Å². The Morgan fingerprint density at radius 1 is 0.524 bits per heavy atom. The van der Waals surface area contributed by atoms with Crippen LogP contribution in [0.5, 0.6) is 11.5 Å². The van der Waals surface area contributed by atoms with Crippen LogP contribution >= 0.6 is 0 Å². The maximum Gasteiger partial charge on any atom is 0.266 e. The van der Waals surface area contributed by atoms with Gasteiger partial charge in [0.2, 0.25) is 0 Å². The summed E-state index contributed by atoms with van der Waals surface area (Å²) in [5, 5.41) is 0. The third-order valence-corrected chi connectivity index (χ3v) is 7.11. The zero-order valence-corrected chi connectivity index (χ0v) is 22.7. The topological polar surface area (TPSA) is 110 Å². The Kier molecular flexibility index (Phi) is 6.62. The van der Waals surface area contributed by atoms with E-state index < -0.39 is 29.4 Å². The molecule has 0 unspecified atom stereocenters. The number of nitrogens with zero attached hydrogens (tertiary/aromatic N) is 2. The Balaban J connectivity index is 1.26. The SMILES string of the molecule is CCOc1ccc(N2C(=O)c3ccc(C(=O)c4ccc5c(c4)C(=O)N(c4ccc(OCC)cc4)C5=O)cc3C2=O)cc1. The molecular weight excluding hydrogens is 536 g/mol. The molecule has 4 aromatic rings. The molecule has 0 fully saturated rings. The van der Waals surface area contributed by atoms with Crippen molar-refractivity contribution in [3.8, 4) is 11.5 Å². The molecule has 2 aliphatic rings. The highest BCUT2D eigenvalue weighted by Crippen LogP contribution is 2.33. The van der Waals surface area contributed by atoms with E-state index in [0.717, 1.165) is 9.80 Å². The van der Waals surface area contributed by atoms with E-state index in [-0.39, 0.29) is 33.4 Å². The van der Waals surface area contributed by atoms with Gasteiger partial charge in [0.1, 0.15) is 11.5 Å². The summed E-state index contributed by atoms with van der Waals surface area (Å²) in [5.74, 6) is -1.31. The third kappa shape index (κ3) is 4.32. The lowest BCUT2D eigenvalue weighted by Crippen LogP contribution is -2.29. The number of imide groups is 2. The van der Waals surface area contributed by atoms with E-state index in [2.05, 4.69) is 0 Å². The van der Waals surface area contributed by atoms with Crippen molar-refractivity contribution in [3.05, 3.63) is 118 Å². The van der Waals surface area contributed by atoms with Crippen LogP contribution in [-0.4, -0.2) is 42.6 Å². The van der Waals surface area contributed by atoms with Gasteiger partial charge in [-0.25, -0.2) is 9.80 Å². The van der Waals surface area contributed by atoms with Crippen LogP contribution in [0.15, 0.2) is 84.9 Å². The molecule has 4 aromatic carbocycles. The number of rotatable bonds is 8.